The molecule has 1 fully saturated rings. The Morgan fingerprint density at radius 3 is 2.87 bits per heavy atom. The fourth-order valence-corrected chi connectivity index (χ4v) is 1.89. The van der Waals surface area contributed by atoms with E-state index in [2.05, 4.69) is 0 Å². The summed E-state index contributed by atoms with van der Waals surface area (Å²) < 4.78 is 7.29. The molecule has 2 N–H and O–H groups in total. The molecular weight excluding hydrogens is 192 g/mol. The quantitative estimate of drug-likeness (QED) is 0.784. The highest BCUT2D eigenvalue weighted by molar-refractivity contribution is 5.33. The Balaban J connectivity index is 2.03. The molecule has 0 aliphatic carbocycles. The van der Waals surface area contributed by atoms with E-state index in [9.17, 15) is 4.79 Å². The molecule has 0 radical (unpaired) electrons. The number of aromatic nitrogens is 1. The molecule has 0 saturated carbocycles. The molecule has 2 rings (SSSR count). The van der Waals surface area contributed by atoms with Gasteiger partial charge in [0.2, 0.25) is 5.43 Å². The lowest BCUT2D eigenvalue weighted by atomic mass is 10.0. The van der Waals surface area contributed by atoms with Crippen molar-refractivity contribution in [2.45, 2.75) is 19.4 Å². The van der Waals surface area contributed by atoms with Crippen LogP contribution in [-0.4, -0.2) is 17.8 Å². The Morgan fingerprint density at radius 2 is 2.20 bits per heavy atom. The Labute approximate surface area is 88.7 Å². The van der Waals surface area contributed by atoms with Crippen LogP contribution in [-0.2, 0) is 11.3 Å². The zero-order valence-electron chi connectivity index (χ0n) is 8.69. The summed E-state index contributed by atoms with van der Waals surface area (Å²) in [6.45, 7) is 2.62. The van der Waals surface area contributed by atoms with Crippen molar-refractivity contribution in [3.63, 3.8) is 0 Å². The highest BCUT2D eigenvalue weighted by atomic mass is 16.5. The van der Waals surface area contributed by atoms with Crippen molar-refractivity contribution in [3.05, 3.63) is 28.7 Å². The van der Waals surface area contributed by atoms with E-state index in [1.54, 1.807) is 12.4 Å². The Kier molecular flexibility index (Phi) is 3.06. The molecule has 1 aliphatic rings. The molecule has 1 aromatic heterocycles. The van der Waals surface area contributed by atoms with Crippen LogP contribution in [0, 0.1) is 5.92 Å². The highest BCUT2D eigenvalue weighted by Gasteiger charge is 2.13. The molecule has 0 bridgehead atoms. The van der Waals surface area contributed by atoms with Gasteiger partial charge in [-0.3, -0.25) is 4.79 Å². The van der Waals surface area contributed by atoms with Gasteiger partial charge >= 0.3 is 0 Å². The van der Waals surface area contributed by atoms with E-state index < -0.39 is 0 Å². The van der Waals surface area contributed by atoms with Gasteiger partial charge in [0.05, 0.1) is 5.69 Å². The van der Waals surface area contributed by atoms with Crippen molar-refractivity contribution in [1.29, 1.82) is 0 Å². The van der Waals surface area contributed by atoms with Crippen LogP contribution in [0.2, 0.25) is 0 Å². The van der Waals surface area contributed by atoms with Gasteiger partial charge in [0.25, 0.3) is 0 Å². The normalized spacial score (nSPS) is 17.9. The third-order valence-corrected chi connectivity index (χ3v) is 2.82. The minimum atomic E-state index is -0.0989. The SMILES string of the molecule is Nc1cn(CC2CCOCC2)ccc1=O. The van der Waals surface area contributed by atoms with Crippen molar-refractivity contribution >= 4 is 5.69 Å². The van der Waals surface area contributed by atoms with E-state index in [1.165, 1.54) is 6.07 Å². The summed E-state index contributed by atoms with van der Waals surface area (Å²) in [6.07, 6.45) is 5.70. The van der Waals surface area contributed by atoms with Gasteiger partial charge in [0.15, 0.2) is 0 Å². The van der Waals surface area contributed by atoms with Gasteiger partial charge in [-0.15, -0.1) is 0 Å². The predicted octanol–water partition coefficient (Wildman–Crippen LogP) is 0.857. The average molecular weight is 208 g/mol. The maximum Gasteiger partial charge on any atom is 0.204 e. The molecular formula is C11H16N2O2. The molecule has 1 aliphatic heterocycles. The summed E-state index contributed by atoms with van der Waals surface area (Å²) >= 11 is 0. The first-order valence-electron chi connectivity index (χ1n) is 5.29. The number of nitrogens with zero attached hydrogens (tertiary/aromatic N) is 1. The molecule has 4 heteroatoms. The maximum absolute atomic E-state index is 11.1. The summed E-state index contributed by atoms with van der Waals surface area (Å²) in [5, 5.41) is 0. The lowest BCUT2D eigenvalue weighted by Gasteiger charge is -2.23. The molecule has 0 unspecified atom stereocenters. The number of hydrogen-bond acceptors (Lipinski definition) is 3. The molecule has 1 saturated heterocycles. The van der Waals surface area contributed by atoms with Crippen LogP contribution in [0.15, 0.2) is 23.3 Å². The summed E-state index contributed by atoms with van der Waals surface area (Å²) in [4.78, 5) is 11.1. The first-order chi connectivity index (χ1) is 7.25. The second-order valence-corrected chi connectivity index (χ2v) is 4.02. The smallest absolute Gasteiger partial charge is 0.204 e. The van der Waals surface area contributed by atoms with E-state index in [4.69, 9.17) is 10.5 Å². The van der Waals surface area contributed by atoms with Crippen molar-refractivity contribution in [2.75, 3.05) is 18.9 Å². The van der Waals surface area contributed by atoms with E-state index in [0.717, 1.165) is 32.6 Å². The van der Waals surface area contributed by atoms with Crippen LogP contribution in [0.25, 0.3) is 0 Å². The number of ether oxygens (including phenoxy) is 1. The van der Waals surface area contributed by atoms with Crippen molar-refractivity contribution in [3.8, 4) is 0 Å². The third kappa shape index (κ3) is 2.59. The molecule has 4 nitrogen and oxygen atoms in total. The van der Waals surface area contributed by atoms with Gasteiger partial charge in [0, 0.05) is 38.2 Å². The van der Waals surface area contributed by atoms with Crippen molar-refractivity contribution < 1.29 is 4.74 Å². The predicted molar refractivity (Wildman–Crippen MR) is 58.7 cm³/mol. The molecule has 15 heavy (non-hydrogen) atoms. The summed E-state index contributed by atoms with van der Waals surface area (Å²) in [7, 11) is 0. The van der Waals surface area contributed by atoms with Gasteiger partial charge in [-0.2, -0.15) is 0 Å². The fraction of sp³-hybridized carbons (Fsp3) is 0.545. The topological polar surface area (TPSA) is 57.2 Å². The van der Waals surface area contributed by atoms with Crippen LogP contribution in [0.3, 0.4) is 0 Å². The van der Waals surface area contributed by atoms with E-state index in [-0.39, 0.29) is 5.43 Å². The maximum atomic E-state index is 11.1. The van der Waals surface area contributed by atoms with Crippen LogP contribution >= 0.6 is 0 Å². The zero-order chi connectivity index (χ0) is 10.7. The van der Waals surface area contributed by atoms with E-state index in [0.29, 0.717) is 11.6 Å². The van der Waals surface area contributed by atoms with E-state index in [1.807, 2.05) is 4.57 Å². The van der Waals surface area contributed by atoms with Crippen molar-refractivity contribution in [2.24, 2.45) is 5.92 Å². The number of nitrogens with two attached hydrogens (primary N) is 1. The molecule has 0 amide bonds. The average Bonchev–Trinajstić information content (AvgIpc) is 2.25. The second-order valence-electron chi connectivity index (χ2n) is 4.02. The summed E-state index contributed by atoms with van der Waals surface area (Å²) in [5.74, 6) is 0.639. The van der Waals surface area contributed by atoms with Crippen LogP contribution in [0.5, 0.6) is 0 Å². The number of rotatable bonds is 2. The molecule has 0 spiro atoms. The largest absolute Gasteiger partial charge is 0.394 e. The lowest BCUT2D eigenvalue weighted by molar-refractivity contribution is 0.0612. The monoisotopic (exact) mass is 208 g/mol. The zero-order valence-corrected chi connectivity index (χ0v) is 8.69. The Hall–Kier alpha value is -1.29. The first-order valence-corrected chi connectivity index (χ1v) is 5.29. The lowest BCUT2D eigenvalue weighted by Crippen LogP contribution is -2.21. The fourth-order valence-electron chi connectivity index (χ4n) is 1.89. The van der Waals surface area contributed by atoms with Crippen LogP contribution < -0.4 is 11.2 Å². The number of anilines is 1. The number of hydrogen-bond donors (Lipinski definition) is 1. The molecule has 0 aromatic carbocycles. The first kappa shape index (κ1) is 10.2. The minimum Gasteiger partial charge on any atom is -0.394 e. The van der Waals surface area contributed by atoms with Crippen LogP contribution in [0.1, 0.15) is 12.8 Å². The summed E-state index contributed by atoms with van der Waals surface area (Å²) in [6, 6.07) is 1.52. The minimum absolute atomic E-state index is 0.0989. The van der Waals surface area contributed by atoms with Gasteiger partial charge in [0.1, 0.15) is 0 Å². The standard InChI is InChI=1S/C11H16N2O2/c12-10-8-13(4-1-11(10)14)7-9-2-5-15-6-3-9/h1,4,8-9H,2-3,5-7,12H2. The third-order valence-electron chi connectivity index (χ3n) is 2.82. The Bertz CT molecular complexity index is 380. The highest BCUT2D eigenvalue weighted by Crippen LogP contribution is 2.16. The van der Waals surface area contributed by atoms with E-state index >= 15 is 0 Å². The van der Waals surface area contributed by atoms with Crippen LogP contribution in [0.4, 0.5) is 5.69 Å². The van der Waals surface area contributed by atoms with Gasteiger partial charge < -0.3 is 15.0 Å². The van der Waals surface area contributed by atoms with Gasteiger partial charge in [-0.05, 0) is 18.8 Å². The number of nitrogen functional groups attached to an aromatic ring is 1. The molecule has 1 aromatic rings. The van der Waals surface area contributed by atoms with Gasteiger partial charge in [-0.1, -0.05) is 0 Å². The molecule has 2 heterocycles. The van der Waals surface area contributed by atoms with Gasteiger partial charge in [-0.25, -0.2) is 0 Å². The number of pyridine rings is 1. The second kappa shape index (κ2) is 4.49. The molecule has 82 valence electrons. The Morgan fingerprint density at radius 1 is 1.47 bits per heavy atom. The van der Waals surface area contributed by atoms with Crippen molar-refractivity contribution in [1.82, 2.24) is 4.57 Å². The summed E-state index contributed by atoms with van der Waals surface area (Å²) in [5.41, 5.74) is 5.79. The molecule has 0 atom stereocenters.